The van der Waals surface area contributed by atoms with Crippen molar-refractivity contribution in [3.8, 4) is 0 Å². The maximum absolute atomic E-state index is 12.3. The van der Waals surface area contributed by atoms with Gasteiger partial charge in [-0.05, 0) is 38.8 Å². The Bertz CT molecular complexity index is 330. The molecule has 0 aromatic rings. The minimum Gasteiger partial charge on any atom is -0.369 e. The highest BCUT2D eigenvalue weighted by atomic mass is 16.2. The van der Waals surface area contributed by atoms with Gasteiger partial charge in [-0.2, -0.15) is 0 Å². The Hall–Kier alpha value is -1.10. The number of hydrogen-bond acceptors (Lipinski definition) is 3. The molecule has 0 unspecified atom stereocenters. The first-order chi connectivity index (χ1) is 9.65. The molecule has 114 valence electrons. The van der Waals surface area contributed by atoms with Crippen LogP contribution in [0.5, 0.6) is 0 Å². The van der Waals surface area contributed by atoms with Crippen LogP contribution < -0.4 is 11.1 Å². The lowest BCUT2D eigenvalue weighted by Gasteiger charge is -2.31. The molecule has 2 fully saturated rings. The van der Waals surface area contributed by atoms with E-state index < -0.39 is 0 Å². The van der Waals surface area contributed by atoms with Gasteiger partial charge < -0.3 is 11.1 Å². The zero-order valence-electron chi connectivity index (χ0n) is 12.3. The van der Waals surface area contributed by atoms with E-state index in [9.17, 15) is 9.59 Å². The summed E-state index contributed by atoms with van der Waals surface area (Å²) < 4.78 is 0. The Morgan fingerprint density at radius 2 is 1.60 bits per heavy atom. The maximum atomic E-state index is 12.3. The lowest BCUT2D eigenvalue weighted by Crippen LogP contribution is -2.45. The standard InChI is InChI=1S/C15H27N3O2/c16-14(19)11-18-9-7-12(8-10-18)15(20)17-13-5-3-1-2-4-6-13/h12-13H,1-11H2,(H2,16,19)(H,17,20). The van der Waals surface area contributed by atoms with Crippen LogP contribution in [0.1, 0.15) is 51.4 Å². The van der Waals surface area contributed by atoms with Crippen LogP contribution in [0.3, 0.4) is 0 Å². The fraction of sp³-hybridized carbons (Fsp3) is 0.867. The summed E-state index contributed by atoms with van der Waals surface area (Å²) in [6.07, 6.45) is 9.02. The van der Waals surface area contributed by atoms with Crippen LogP contribution >= 0.6 is 0 Å². The summed E-state index contributed by atoms with van der Waals surface area (Å²) in [5, 5.41) is 3.24. The quantitative estimate of drug-likeness (QED) is 0.756. The molecule has 1 aliphatic carbocycles. The van der Waals surface area contributed by atoms with Crippen molar-refractivity contribution < 1.29 is 9.59 Å². The number of hydrogen-bond donors (Lipinski definition) is 2. The van der Waals surface area contributed by atoms with E-state index in [0.717, 1.165) is 38.8 Å². The van der Waals surface area contributed by atoms with E-state index in [1.165, 1.54) is 25.7 Å². The van der Waals surface area contributed by atoms with Gasteiger partial charge in [0.2, 0.25) is 11.8 Å². The molecule has 0 aromatic carbocycles. The number of rotatable bonds is 4. The number of nitrogens with one attached hydrogen (secondary N) is 1. The van der Waals surface area contributed by atoms with E-state index in [-0.39, 0.29) is 17.7 Å². The summed E-state index contributed by atoms with van der Waals surface area (Å²) in [6, 6.07) is 0.383. The highest BCUT2D eigenvalue weighted by Gasteiger charge is 2.27. The molecule has 1 saturated carbocycles. The number of amides is 2. The predicted octanol–water partition coefficient (Wildman–Crippen LogP) is 1.02. The normalized spacial score (nSPS) is 23.2. The van der Waals surface area contributed by atoms with Crippen molar-refractivity contribution in [1.82, 2.24) is 10.2 Å². The number of carbonyl (C=O) groups is 2. The van der Waals surface area contributed by atoms with Crippen molar-refractivity contribution >= 4 is 11.8 Å². The van der Waals surface area contributed by atoms with Crippen LogP contribution in [0.25, 0.3) is 0 Å². The van der Waals surface area contributed by atoms with Gasteiger partial charge in [0.1, 0.15) is 0 Å². The monoisotopic (exact) mass is 281 g/mol. The molecule has 20 heavy (non-hydrogen) atoms. The molecule has 3 N–H and O–H groups in total. The lowest BCUT2D eigenvalue weighted by molar-refractivity contribution is -0.127. The fourth-order valence-corrected chi connectivity index (χ4v) is 3.32. The highest BCUT2D eigenvalue weighted by Crippen LogP contribution is 2.20. The van der Waals surface area contributed by atoms with Crippen molar-refractivity contribution in [1.29, 1.82) is 0 Å². The third-order valence-electron chi connectivity index (χ3n) is 4.54. The van der Waals surface area contributed by atoms with Crippen LogP contribution in [0.2, 0.25) is 0 Å². The largest absolute Gasteiger partial charge is 0.369 e. The molecule has 0 aromatic heterocycles. The highest BCUT2D eigenvalue weighted by molar-refractivity contribution is 5.79. The Labute approximate surface area is 121 Å². The molecular formula is C15H27N3O2. The molecule has 5 nitrogen and oxygen atoms in total. The van der Waals surface area contributed by atoms with E-state index in [1.807, 2.05) is 4.90 Å². The average Bonchev–Trinajstić information content (AvgIpc) is 2.67. The molecule has 1 heterocycles. The van der Waals surface area contributed by atoms with Crippen LogP contribution in [-0.2, 0) is 9.59 Å². The Morgan fingerprint density at radius 1 is 1.00 bits per heavy atom. The Morgan fingerprint density at radius 3 is 2.15 bits per heavy atom. The Kier molecular flexibility index (Phi) is 5.83. The van der Waals surface area contributed by atoms with Gasteiger partial charge in [-0.1, -0.05) is 25.7 Å². The van der Waals surface area contributed by atoms with Gasteiger partial charge in [-0.25, -0.2) is 0 Å². The molecule has 0 radical (unpaired) electrons. The molecular weight excluding hydrogens is 254 g/mol. The van der Waals surface area contributed by atoms with Crippen LogP contribution in [-0.4, -0.2) is 42.4 Å². The fourth-order valence-electron chi connectivity index (χ4n) is 3.32. The zero-order valence-corrected chi connectivity index (χ0v) is 12.3. The molecule has 2 aliphatic rings. The van der Waals surface area contributed by atoms with Gasteiger partial charge in [0.15, 0.2) is 0 Å². The lowest BCUT2D eigenvalue weighted by atomic mass is 9.95. The van der Waals surface area contributed by atoms with E-state index >= 15 is 0 Å². The zero-order chi connectivity index (χ0) is 14.4. The summed E-state index contributed by atoms with van der Waals surface area (Å²) in [5.41, 5.74) is 5.20. The van der Waals surface area contributed by atoms with Gasteiger partial charge in [-0.15, -0.1) is 0 Å². The van der Waals surface area contributed by atoms with Gasteiger partial charge in [0, 0.05) is 12.0 Å². The van der Waals surface area contributed by atoms with Crippen molar-refractivity contribution in [2.75, 3.05) is 19.6 Å². The first-order valence-corrected chi connectivity index (χ1v) is 7.96. The van der Waals surface area contributed by atoms with Crippen molar-refractivity contribution in [2.45, 2.75) is 57.4 Å². The van der Waals surface area contributed by atoms with E-state index in [2.05, 4.69) is 5.32 Å². The van der Waals surface area contributed by atoms with Gasteiger partial charge >= 0.3 is 0 Å². The second kappa shape index (κ2) is 7.62. The predicted molar refractivity (Wildman–Crippen MR) is 78.0 cm³/mol. The molecule has 1 aliphatic heterocycles. The van der Waals surface area contributed by atoms with Crippen LogP contribution in [0, 0.1) is 5.92 Å². The first-order valence-electron chi connectivity index (χ1n) is 7.96. The van der Waals surface area contributed by atoms with Crippen molar-refractivity contribution in [3.05, 3.63) is 0 Å². The summed E-state index contributed by atoms with van der Waals surface area (Å²) in [6.45, 7) is 1.91. The van der Waals surface area contributed by atoms with Crippen molar-refractivity contribution in [3.63, 3.8) is 0 Å². The molecule has 0 spiro atoms. The number of primary amides is 1. The molecule has 2 rings (SSSR count). The van der Waals surface area contributed by atoms with Gasteiger partial charge in [-0.3, -0.25) is 14.5 Å². The van der Waals surface area contributed by atoms with E-state index in [4.69, 9.17) is 5.73 Å². The summed E-state index contributed by atoms with van der Waals surface area (Å²) in [5.74, 6) is 0.0457. The second-order valence-electron chi connectivity index (χ2n) is 6.21. The third kappa shape index (κ3) is 4.78. The number of carbonyl (C=O) groups excluding carboxylic acids is 2. The van der Waals surface area contributed by atoms with Crippen LogP contribution in [0.4, 0.5) is 0 Å². The number of likely N-dealkylation sites (tertiary alicyclic amines) is 1. The number of nitrogens with zero attached hydrogens (tertiary/aromatic N) is 1. The van der Waals surface area contributed by atoms with Crippen LogP contribution in [0.15, 0.2) is 0 Å². The first kappa shape index (κ1) is 15.3. The SMILES string of the molecule is NC(=O)CN1CCC(C(=O)NC2CCCCCC2)CC1. The minimum atomic E-state index is -0.286. The summed E-state index contributed by atoms with van der Waals surface area (Å²) in [7, 11) is 0. The van der Waals surface area contributed by atoms with E-state index in [0.29, 0.717) is 12.6 Å². The number of nitrogens with two attached hydrogens (primary N) is 1. The molecule has 2 amide bonds. The maximum Gasteiger partial charge on any atom is 0.231 e. The molecule has 0 bridgehead atoms. The average molecular weight is 281 g/mol. The molecule has 0 atom stereocenters. The van der Waals surface area contributed by atoms with Gasteiger partial charge in [0.25, 0.3) is 0 Å². The summed E-state index contributed by atoms with van der Waals surface area (Å²) in [4.78, 5) is 25.2. The number of piperidine rings is 1. The molecule has 5 heteroatoms. The summed E-state index contributed by atoms with van der Waals surface area (Å²) >= 11 is 0. The Balaban J connectivity index is 1.72. The second-order valence-corrected chi connectivity index (χ2v) is 6.21. The molecule has 1 saturated heterocycles. The van der Waals surface area contributed by atoms with Gasteiger partial charge in [0.05, 0.1) is 6.54 Å². The van der Waals surface area contributed by atoms with Crippen molar-refractivity contribution in [2.24, 2.45) is 11.7 Å². The third-order valence-corrected chi connectivity index (χ3v) is 4.54. The topological polar surface area (TPSA) is 75.4 Å². The van der Waals surface area contributed by atoms with E-state index in [1.54, 1.807) is 0 Å². The smallest absolute Gasteiger partial charge is 0.231 e. The minimum absolute atomic E-state index is 0.113.